The Morgan fingerprint density at radius 1 is 1.10 bits per heavy atom. The number of carbonyl (C=O) groups is 2. The number of hydrogen-bond donors (Lipinski definition) is 2. The van der Waals surface area contributed by atoms with Gasteiger partial charge in [0.1, 0.15) is 17.3 Å². The van der Waals surface area contributed by atoms with Crippen LogP contribution in [-0.2, 0) is 9.59 Å². The van der Waals surface area contributed by atoms with Crippen molar-refractivity contribution in [1.82, 2.24) is 5.43 Å². The summed E-state index contributed by atoms with van der Waals surface area (Å²) in [6, 6.07) is 17.5. The molecule has 0 unspecified atom stereocenters. The van der Waals surface area contributed by atoms with E-state index in [0.29, 0.717) is 34.6 Å². The molecule has 0 spiro atoms. The highest BCUT2D eigenvalue weighted by Crippen LogP contribution is 2.24. The van der Waals surface area contributed by atoms with Crippen LogP contribution < -0.4 is 15.5 Å². The van der Waals surface area contributed by atoms with Crippen molar-refractivity contribution in [3.63, 3.8) is 0 Å². The molecule has 0 aliphatic heterocycles. The van der Waals surface area contributed by atoms with Crippen molar-refractivity contribution >= 4 is 35.3 Å². The van der Waals surface area contributed by atoms with E-state index in [9.17, 15) is 9.59 Å². The molecular weight excluding hydrogens is 394 g/mol. The van der Waals surface area contributed by atoms with Crippen molar-refractivity contribution in [2.24, 2.45) is 5.10 Å². The van der Waals surface area contributed by atoms with Gasteiger partial charge in [0.25, 0.3) is 0 Å². The lowest BCUT2D eigenvalue weighted by molar-refractivity contribution is -0.136. The zero-order valence-corrected chi connectivity index (χ0v) is 16.3. The summed E-state index contributed by atoms with van der Waals surface area (Å²) in [5.74, 6) is -0.306. The van der Waals surface area contributed by atoms with Crippen LogP contribution in [0, 0.1) is 0 Å². The molecule has 1 heterocycles. The molecule has 3 rings (SSSR count). The van der Waals surface area contributed by atoms with Gasteiger partial charge in [0, 0.05) is 10.6 Å². The molecule has 7 nitrogen and oxygen atoms in total. The van der Waals surface area contributed by atoms with Crippen molar-refractivity contribution < 1.29 is 18.7 Å². The van der Waals surface area contributed by atoms with Gasteiger partial charge in [0.2, 0.25) is 0 Å². The number of carbonyl (C=O) groups excluding carboxylic acids is 2. The molecule has 0 saturated heterocycles. The van der Waals surface area contributed by atoms with Gasteiger partial charge in [-0.2, -0.15) is 5.10 Å². The van der Waals surface area contributed by atoms with Gasteiger partial charge in [0.05, 0.1) is 18.5 Å². The highest BCUT2D eigenvalue weighted by atomic mass is 35.5. The third-order valence-electron chi connectivity index (χ3n) is 3.74. The van der Waals surface area contributed by atoms with Crippen LogP contribution in [0.5, 0.6) is 5.75 Å². The number of rotatable bonds is 6. The highest BCUT2D eigenvalue weighted by molar-refractivity contribution is 6.39. The highest BCUT2D eigenvalue weighted by Gasteiger charge is 2.15. The van der Waals surface area contributed by atoms with Crippen molar-refractivity contribution in [2.75, 3.05) is 11.9 Å². The van der Waals surface area contributed by atoms with Crippen LogP contribution in [-0.4, -0.2) is 24.6 Å². The van der Waals surface area contributed by atoms with E-state index in [0.717, 1.165) is 5.56 Å². The average molecular weight is 412 g/mol. The van der Waals surface area contributed by atoms with Crippen LogP contribution in [0.3, 0.4) is 0 Å². The number of amides is 2. The van der Waals surface area contributed by atoms with Gasteiger partial charge in [-0.1, -0.05) is 35.9 Å². The number of halogens is 1. The second-order valence-corrected chi connectivity index (χ2v) is 6.23. The summed E-state index contributed by atoms with van der Waals surface area (Å²) in [7, 11) is 0. The maximum atomic E-state index is 12.0. The molecule has 0 atom stereocenters. The number of nitrogens with one attached hydrogen (secondary N) is 2. The van der Waals surface area contributed by atoms with Crippen molar-refractivity contribution in [2.45, 2.75) is 6.92 Å². The number of hydrazone groups is 1. The molecule has 2 aromatic carbocycles. The second-order valence-electron chi connectivity index (χ2n) is 5.79. The molecular formula is C21H18ClN3O4. The average Bonchev–Trinajstić information content (AvgIpc) is 3.18. The van der Waals surface area contributed by atoms with Gasteiger partial charge in [-0.3, -0.25) is 9.59 Å². The lowest BCUT2D eigenvalue weighted by Crippen LogP contribution is -2.32. The van der Waals surface area contributed by atoms with Gasteiger partial charge in [0.15, 0.2) is 0 Å². The van der Waals surface area contributed by atoms with Crippen LogP contribution in [0.2, 0.25) is 5.02 Å². The molecule has 0 radical (unpaired) electrons. The van der Waals surface area contributed by atoms with Crippen molar-refractivity contribution in [3.8, 4) is 17.1 Å². The number of nitrogens with zero attached hydrogens (tertiary/aromatic N) is 1. The van der Waals surface area contributed by atoms with E-state index in [1.165, 1.54) is 6.21 Å². The predicted molar refractivity (Wildman–Crippen MR) is 111 cm³/mol. The minimum absolute atomic E-state index is 0.399. The minimum Gasteiger partial charge on any atom is -0.492 e. The predicted octanol–water partition coefficient (Wildman–Crippen LogP) is 4.09. The minimum atomic E-state index is -0.922. The number of anilines is 1. The summed E-state index contributed by atoms with van der Waals surface area (Å²) in [6.07, 6.45) is 1.30. The van der Waals surface area contributed by atoms with Crippen LogP contribution in [0.15, 0.2) is 70.2 Å². The fraction of sp³-hybridized carbons (Fsp3) is 0.0952. The van der Waals surface area contributed by atoms with Gasteiger partial charge >= 0.3 is 11.8 Å². The van der Waals surface area contributed by atoms with Gasteiger partial charge in [-0.05, 0) is 43.3 Å². The van der Waals surface area contributed by atoms with Crippen LogP contribution in [0.4, 0.5) is 5.69 Å². The number of benzene rings is 2. The SMILES string of the molecule is CCOc1ccccc1NC(=O)C(=O)N/N=C/c1ccc(-c2cccc(Cl)c2)o1. The Morgan fingerprint density at radius 3 is 2.72 bits per heavy atom. The lowest BCUT2D eigenvalue weighted by atomic mass is 10.2. The number of furan rings is 1. The topological polar surface area (TPSA) is 92.9 Å². The molecule has 0 saturated carbocycles. The summed E-state index contributed by atoms with van der Waals surface area (Å²) in [5, 5.41) is 6.84. The lowest BCUT2D eigenvalue weighted by Gasteiger charge is -2.10. The summed E-state index contributed by atoms with van der Waals surface area (Å²) in [4.78, 5) is 24.0. The summed E-state index contributed by atoms with van der Waals surface area (Å²) < 4.78 is 11.0. The molecule has 1 aromatic heterocycles. The monoisotopic (exact) mass is 411 g/mol. The molecule has 0 fully saturated rings. The van der Waals surface area contributed by atoms with E-state index in [1.54, 1.807) is 48.5 Å². The standard InChI is InChI=1S/C21H18ClN3O4/c1-2-28-19-9-4-3-8-17(19)24-20(26)21(27)25-23-13-16-10-11-18(29-16)14-6-5-7-15(22)12-14/h3-13H,2H2,1H3,(H,24,26)(H,25,27)/b23-13+. The Kier molecular flexibility index (Phi) is 6.65. The fourth-order valence-corrected chi connectivity index (χ4v) is 2.65. The molecule has 0 bridgehead atoms. The Balaban J connectivity index is 1.58. The molecule has 0 aliphatic carbocycles. The van der Waals surface area contributed by atoms with Crippen LogP contribution in [0.25, 0.3) is 11.3 Å². The van der Waals surface area contributed by atoms with Gasteiger partial charge in [-0.25, -0.2) is 5.43 Å². The molecule has 0 aliphatic rings. The summed E-state index contributed by atoms with van der Waals surface area (Å²) >= 11 is 5.97. The van der Waals surface area contributed by atoms with Crippen molar-refractivity contribution in [1.29, 1.82) is 0 Å². The largest absolute Gasteiger partial charge is 0.492 e. The Hall–Kier alpha value is -3.58. The van der Waals surface area contributed by atoms with Crippen LogP contribution in [0.1, 0.15) is 12.7 Å². The summed E-state index contributed by atoms with van der Waals surface area (Å²) in [6.45, 7) is 2.26. The van der Waals surface area contributed by atoms with E-state index in [4.69, 9.17) is 20.8 Å². The van der Waals surface area contributed by atoms with E-state index >= 15 is 0 Å². The van der Waals surface area contributed by atoms with E-state index in [-0.39, 0.29) is 0 Å². The van der Waals surface area contributed by atoms with Gasteiger partial charge < -0.3 is 14.5 Å². The smallest absolute Gasteiger partial charge is 0.329 e. The Labute approximate surface area is 172 Å². The molecule has 3 aromatic rings. The van der Waals surface area contributed by atoms with Gasteiger partial charge in [-0.15, -0.1) is 0 Å². The zero-order chi connectivity index (χ0) is 20.6. The van der Waals surface area contributed by atoms with E-state index in [2.05, 4.69) is 15.8 Å². The first-order chi connectivity index (χ1) is 14.1. The van der Waals surface area contributed by atoms with E-state index < -0.39 is 11.8 Å². The first kappa shape index (κ1) is 20.2. The Morgan fingerprint density at radius 2 is 1.93 bits per heavy atom. The van der Waals surface area contributed by atoms with E-state index in [1.807, 2.05) is 19.1 Å². The summed E-state index contributed by atoms with van der Waals surface area (Å²) in [5.41, 5.74) is 3.37. The maximum Gasteiger partial charge on any atom is 0.329 e. The molecule has 29 heavy (non-hydrogen) atoms. The third-order valence-corrected chi connectivity index (χ3v) is 3.97. The van der Waals surface area contributed by atoms with Crippen LogP contribution >= 0.6 is 11.6 Å². The quantitative estimate of drug-likeness (QED) is 0.363. The number of para-hydroxylation sites is 2. The molecule has 2 N–H and O–H groups in total. The third kappa shape index (κ3) is 5.46. The Bertz CT molecular complexity index is 1050. The fourth-order valence-electron chi connectivity index (χ4n) is 2.45. The second kappa shape index (κ2) is 9.57. The maximum absolute atomic E-state index is 12.0. The molecule has 2 amide bonds. The molecule has 8 heteroatoms. The number of hydrogen-bond acceptors (Lipinski definition) is 5. The first-order valence-electron chi connectivity index (χ1n) is 8.79. The van der Waals surface area contributed by atoms with Crippen molar-refractivity contribution in [3.05, 3.63) is 71.4 Å². The number of ether oxygens (including phenoxy) is 1. The first-order valence-corrected chi connectivity index (χ1v) is 9.16. The normalized spacial score (nSPS) is 10.7. The zero-order valence-electron chi connectivity index (χ0n) is 15.5. The molecule has 148 valence electrons.